The van der Waals surface area contributed by atoms with E-state index in [2.05, 4.69) is 56.8 Å². The van der Waals surface area contributed by atoms with Crippen LogP contribution >= 0.6 is 15.9 Å². The lowest BCUT2D eigenvalue weighted by molar-refractivity contribution is 0.0697. The monoisotopic (exact) mass is 440 g/mol. The zero-order chi connectivity index (χ0) is 20.0. The number of carbonyl (C=O) groups is 1. The molecule has 4 aromatic rings. The second kappa shape index (κ2) is 7.05. The maximum atomic E-state index is 11.3. The molecule has 0 aliphatic carbocycles. The number of carboxylic acids is 1. The van der Waals surface area contributed by atoms with Gasteiger partial charge in [-0.05, 0) is 43.2 Å². The predicted octanol–water partition coefficient (Wildman–Crippen LogP) is 4.86. The molecule has 2 aromatic heterocycles. The summed E-state index contributed by atoms with van der Waals surface area (Å²) >= 11 is 3.61. The Hall–Kier alpha value is -2.67. The van der Waals surface area contributed by atoms with E-state index in [1.165, 1.54) is 0 Å². The van der Waals surface area contributed by atoms with E-state index in [9.17, 15) is 9.90 Å². The number of benzene rings is 2. The predicted molar refractivity (Wildman–Crippen MR) is 113 cm³/mol. The summed E-state index contributed by atoms with van der Waals surface area (Å²) in [4.78, 5) is 11.3. The minimum Gasteiger partial charge on any atom is -0.478 e. The fourth-order valence-electron chi connectivity index (χ4n) is 3.64. The molecule has 2 aromatic carbocycles. The molecule has 0 atom stereocenters. The van der Waals surface area contributed by atoms with Crippen LogP contribution in [0.1, 0.15) is 35.5 Å². The SMILES string of the molecule is Cc1nn(Cc2cc(Br)cc3cnn(CC(C)C)c23)c2ccc(C(=O)O)cc12. The number of nitrogens with zero attached hydrogens (tertiary/aromatic N) is 4. The highest BCUT2D eigenvalue weighted by Gasteiger charge is 2.15. The second-order valence-corrected chi connectivity index (χ2v) is 8.42. The highest BCUT2D eigenvalue weighted by atomic mass is 79.9. The molecule has 6 nitrogen and oxygen atoms in total. The van der Waals surface area contributed by atoms with Crippen LogP contribution in [0.4, 0.5) is 0 Å². The first kappa shape index (κ1) is 18.7. The Kier molecular flexibility index (Phi) is 4.71. The maximum Gasteiger partial charge on any atom is 0.335 e. The van der Waals surface area contributed by atoms with E-state index in [1.807, 2.05) is 23.9 Å². The van der Waals surface area contributed by atoms with E-state index in [-0.39, 0.29) is 5.56 Å². The number of aromatic nitrogens is 4. The number of halogens is 1. The summed E-state index contributed by atoms with van der Waals surface area (Å²) in [5.41, 5.74) is 4.25. The van der Waals surface area contributed by atoms with Gasteiger partial charge in [-0.2, -0.15) is 10.2 Å². The Balaban J connectivity index is 1.84. The largest absolute Gasteiger partial charge is 0.478 e. The lowest BCUT2D eigenvalue weighted by Gasteiger charge is -2.12. The van der Waals surface area contributed by atoms with Crippen molar-refractivity contribution in [1.29, 1.82) is 0 Å². The summed E-state index contributed by atoms with van der Waals surface area (Å²) in [5, 5.41) is 20.5. The van der Waals surface area contributed by atoms with Gasteiger partial charge in [-0.3, -0.25) is 9.36 Å². The Morgan fingerprint density at radius 1 is 1.21 bits per heavy atom. The third-order valence-corrected chi connectivity index (χ3v) is 5.28. The van der Waals surface area contributed by atoms with Crippen LogP contribution < -0.4 is 0 Å². The first-order valence-corrected chi connectivity index (χ1v) is 9.97. The van der Waals surface area contributed by atoms with Crippen molar-refractivity contribution in [2.45, 2.75) is 33.9 Å². The zero-order valence-electron chi connectivity index (χ0n) is 16.0. The Morgan fingerprint density at radius 2 is 2.00 bits per heavy atom. The highest BCUT2D eigenvalue weighted by Crippen LogP contribution is 2.27. The van der Waals surface area contributed by atoms with E-state index in [1.54, 1.807) is 12.1 Å². The lowest BCUT2D eigenvalue weighted by Crippen LogP contribution is -2.09. The standard InChI is InChI=1S/C21H21BrN4O2/c1-12(2)10-26-20-15(9-23-26)6-17(22)7-16(20)11-25-19-5-4-14(21(27)28)8-18(19)13(3)24-25/h4-9,12H,10-11H2,1-3H3,(H,27,28). The highest BCUT2D eigenvalue weighted by molar-refractivity contribution is 9.10. The van der Waals surface area contributed by atoms with Crippen molar-refractivity contribution in [3.63, 3.8) is 0 Å². The molecular formula is C21H21BrN4O2. The number of rotatable bonds is 5. The van der Waals surface area contributed by atoms with Crippen molar-refractivity contribution in [2.24, 2.45) is 5.92 Å². The minimum absolute atomic E-state index is 0.273. The third kappa shape index (κ3) is 3.30. The molecule has 0 fully saturated rings. The van der Waals surface area contributed by atoms with Crippen LogP contribution in [0, 0.1) is 12.8 Å². The molecule has 7 heteroatoms. The van der Waals surface area contributed by atoms with Gasteiger partial charge in [0, 0.05) is 27.4 Å². The topological polar surface area (TPSA) is 72.9 Å². The fourth-order valence-corrected chi connectivity index (χ4v) is 4.16. The van der Waals surface area contributed by atoms with Gasteiger partial charge >= 0.3 is 5.97 Å². The van der Waals surface area contributed by atoms with Crippen molar-refractivity contribution in [1.82, 2.24) is 19.6 Å². The first-order chi connectivity index (χ1) is 13.3. The first-order valence-electron chi connectivity index (χ1n) is 9.18. The number of hydrogen-bond acceptors (Lipinski definition) is 3. The van der Waals surface area contributed by atoms with Crippen LogP contribution in [-0.2, 0) is 13.1 Å². The molecule has 0 saturated heterocycles. The molecule has 0 bridgehead atoms. The maximum absolute atomic E-state index is 11.3. The van der Waals surface area contributed by atoms with Gasteiger partial charge in [0.1, 0.15) is 0 Å². The van der Waals surface area contributed by atoms with Crippen LogP contribution in [0.25, 0.3) is 21.8 Å². The van der Waals surface area contributed by atoms with Gasteiger partial charge < -0.3 is 5.11 Å². The molecule has 0 aliphatic rings. The summed E-state index contributed by atoms with van der Waals surface area (Å²) in [5.74, 6) is -0.442. The van der Waals surface area contributed by atoms with Gasteiger partial charge in [0.05, 0.1) is 35.0 Å². The summed E-state index contributed by atoms with van der Waals surface area (Å²) in [6.07, 6.45) is 1.90. The third-order valence-electron chi connectivity index (χ3n) is 4.82. The van der Waals surface area contributed by atoms with Gasteiger partial charge in [0.15, 0.2) is 0 Å². The fraction of sp³-hybridized carbons (Fsp3) is 0.286. The molecule has 28 heavy (non-hydrogen) atoms. The second-order valence-electron chi connectivity index (χ2n) is 7.50. The van der Waals surface area contributed by atoms with Crippen LogP contribution in [0.2, 0.25) is 0 Å². The Labute approximate surface area is 170 Å². The minimum atomic E-state index is -0.930. The van der Waals surface area contributed by atoms with Crippen molar-refractivity contribution in [2.75, 3.05) is 0 Å². The van der Waals surface area contributed by atoms with Gasteiger partial charge in [-0.25, -0.2) is 4.79 Å². The summed E-state index contributed by atoms with van der Waals surface area (Å²) < 4.78 is 4.99. The molecule has 0 amide bonds. The van der Waals surface area contributed by atoms with E-state index >= 15 is 0 Å². The van der Waals surface area contributed by atoms with Crippen LogP contribution in [0.3, 0.4) is 0 Å². The number of hydrogen-bond donors (Lipinski definition) is 1. The molecule has 4 rings (SSSR count). The molecule has 144 valence electrons. The van der Waals surface area contributed by atoms with Gasteiger partial charge in [0.25, 0.3) is 0 Å². The molecule has 2 heterocycles. The molecule has 0 aliphatic heterocycles. The van der Waals surface area contributed by atoms with Crippen molar-refractivity contribution in [3.05, 3.63) is 57.8 Å². The van der Waals surface area contributed by atoms with Crippen LogP contribution in [0.15, 0.2) is 41.0 Å². The summed E-state index contributed by atoms with van der Waals surface area (Å²) in [7, 11) is 0. The quantitative estimate of drug-likeness (QED) is 0.480. The van der Waals surface area contributed by atoms with E-state index in [0.717, 1.165) is 44.1 Å². The smallest absolute Gasteiger partial charge is 0.335 e. The number of carboxylic acid groups (broad SMARTS) is 1. The molecule has 0 radical (unpaired) electrons. The Bertz CT molecular complexity index is 1210. The average molecular weight is 441 g/mol. The molecule has 0 spiro atoms. The lowest BCUT2D eigenvalue weighted by atomic mass is 10.1. The number of aryl methyl sites for hydroxylation is 1. The normalized spacial score (nSPS) is 11.8. The van der Waals surface area contributed by atoms with E-state index in [4.69, 9.17) is 0 Å². The van der Waals surface area contributed by atoms with Gasteiger partial charge in [-0.15, -0.1) is 0 Å². The van der Waals surface area contributed by atoms with Crippen LogP contribution in [0.5, 0.6) is 0 Å². The van der Waals surface area contributed by atoms with Crippen molar-refractivity contribution in [3.8, 4) is 0 Å². The zero-order valence-corrected chi connectivity index (χ0v) is 17.6. The van der Waals surface area contributed by atoms with E-state index in [0.29, 0.717) is 12.5 Å². The molecule has 0 saturated carbocycles. The van der Waals surface area contributed by atoms with E-state index < -0.39 is 5.97 Å². The average Bonchev–Trinajstić information content (AvgIpc) is 3.15. The van der Waals surface area contributed by atoms with Gasteiger partial charge in [0.2, 0.25) is 0 Å². The summed E-state index contributed by atoms with van der Waals surface area (Å²) in [6.45, 7) is 7.69. The van der Waals surface area contributed by atoms with Crippen LogP contribution in [-0.4, -0.2) is 30.6 Å². The van der Waals surface area contributed by atoms with Crippen molar-refractivity contribution >= 4 is 43.7 Å². The van der Waals surface area contributed by atoms with Crippen molar-refractivity contribution < 1.29 is 9.90 Å². The molecule has 0 unspecified atom stereocenters. The Morgan fingerprint density at radius 3 is 2.71 bits per heavy atom. The molecular weight excluding hydrogens is 420 g/mol. The number of aromatic carboxylic acids is 1. The van der Waals surface area contributed by atoms with Gasteiger partial charge in [-0.1, -0.05) is 29.8 Å². The number of fused-ring (bicyclic) bond motifs is 2. The molecule has 1 N–H and O–H groups in total. The summed E-state index contributed by atoms with van der Waals surface area (Å²) in [6, 6.07) is 9.33.